The van der Waals surface area contributed by atoms with Gasteiger partial charge < -0.3 is 4.74 Å². The zero-order chi connectivity index (χ0) is 7.28. The Labute approximate surface area is 66.3 Å². The second-order valence-corrected chi connectivity index (χ2v) is 5.17. The summed E-state index contributed by atoms with van der Waals surface area (Å²) in [6.45, 7) is 3.43. The molecule has 0 radical (unpaired) electrons. The number of halogens is 2. The minimum atomic E-state index is -0.993. The number of rotatable bonds is 3. The molecule has 0 bridgehead atoms. The molecular weight excluding hydrogens is 178 g/mol. The first-order chi connectivity index (χ1) is 4.18. The van der Waals surface area contributed by atoms with Crippen LogP contribution in [0, 0.1) is 0 Å². The van der Waals surface area contributed by atoms with Crippen LogP contribution < -0.4 is 0 Å². The van der Waals surface area contributed by atoms with Gasteiger partial charge >= 0.3 is 0 Å². The molecule has 0 aliphatic heterocycles. The Morgan fingerprint density at radius 3 is 2.56 bits per heavy atom. The Morgan fingerprint density at radius 2 is 2.22 bits per heavy atom. The molecule has 0 unspecified atom stereocenters. The van der Waals surface area contributed by atoms with Crippen molar-refractivity contribution in [1.82, 2.24) is 0 Å². The zero-order valence-corrected chi connectivity index (χ0v) is 7.80. The van der Waals surface area contributed by atoms with E-state index < -0.39 is 6.63 Å². The lowest BCUT2D eigenvalue weighted by Crippen LogP contribution is -1.77. The van der Waals surface area contributed by atoms with Crippen LogP contribution in [0.3, 0.4) is 0 Å². The van der Waals surface area contributed by atoms with Gasteiger partial charge in [0.15, 0.2) is 0 Å². The SMILES string of the molecule is CCO/C=C(\C)P(Cl)Cl. The van der Waals surface area contributed by atoms with Crippen molar-refractivity contribution in [2.24, 2.45) is 0 Å². The predicted molar refractivity (Wildman–Crippen MR) is 44.0 cm³/mol. The summed E-state index contributed by atoms with van der Waals surface area (Å²) in [4.78, 5) is 0. The topological polar surface area (TPSA) is 9.23 Å². The largest absolute Gasteiger partial charge is 0.501 e. The summed E-state index contributed by atoms with van der Waals surface area (Å²) >= 11 is 11.1. The first kappa shape index (κ1) is 9.55. The van der Waals surface area contributed by atoms with Gasteiger partial charge in [0.1, 0.15) is 6.63 Å². The second-order valence-electron chi connectivity index (χ2n) is 1.45. The van der Waals surface area contributed by atoms with Gasteiger partial charge in [0.25, 0.3) is 0 Å². The molecule has 0 saturated carbocycles. The van der Waals surface area contributed by atoms with Crippen molar-refractivity contribution in [3.05, 3.63) is 11.6 Å². The molecule has 0 fully saturated rings. The van der Waals surface area contributed by atoms with Crippen molar-refractivity contribution >= 4 is 29.1 Å². The van der Waals surface area contributed by atoms with Gasteiger partial charge in [-0.15, -0.1) is 0 Å². The van der Waals surface area contributed by atoms with Crippen LogP contribution in [-0.2, 0) is 4.74 Å². The summed E-state index contributed by atoms with van der Waals surface area (Å²) in [7, 11) is 0. The first-order valence-electron chi connectivity index (χ1n) is 2.58. The van der Waals surface area contributed by atoms with Crippen molar-refractivity contribution in [2.45, 2.75) is 13.8 Å². The van der Waals surface area contributed by atoms with Crippen LogP contribution in [0.25, 0.3) is 0 Å². The van der Waals surface area contributed by atoms with E-state index in [1.165, 1.54) is 0 Å². The zero-order valence-electron chi connectivity index (χ0n) is 5.40. The summed E-state index contributed by atoms with van der Waals surface area (Å²) < 4.78 is 4.94. The average molecular weight is 187 g/mol. The minimum Gasteiger partial charge on any atom is -0.501 e. The Bertz CT molecular complexity index is 103. The van der Waals surface area contributed by atoms with Crippen LogP contribution in [-0.4, -0.2) is 6.61 Å². The molecule has 0 N–H and O–H groups in total. The second kappa shape index (κ2) is 5.34. The molecule has 54 valence electrons. The maximum atomic E-state index is 5.55. The summed E-state index contributed by atoms with van der Waals surface area (Å²) in [6.07, 6.45) is 1.60. The molecule has 0 spiro atoms. The third-order valence-corrected chi connectivity index (χ3v) is 2.93. The van der Waals surface area contributed by atoms with E-state index in [2.05, 4.69) is 0 Å². The highest BCUT2D eigenvalue weighted by molar-refractivity contribution is 8.06. The maximum Gasteiger partial charge on any atom is 0.115 e. The van der Waals surface area contributed by atoms with Crippen molar-refractivity contribution in [2.75, 3.05) is 6.61 Å². The number of hydrogen-bond donors (Lipinski definition) is 0. The molecule has 0 aromatic heterocycles. The highest BCUT2D eigenvalue weighted by Gasteiger charge is 1.99. The van der Waals surface area contributed by atoms with Crippen molar-refractivity contribution in [1.29, 1.82) is 0 Å². The molecule has 0 rings (SSSR count). The van der Waals surface area contributed by atoms with Gasteiger partial charge in [0, 0.05) is 5.31 Å². The van der Waals surface area contributed by atoms with E-state index in [1.807, 2.05) is 13.8 Å². The lowest BCUT2D eigenvalue weighted by molar-refractivity contribution is 0.268. The van der Waals surface area contributed by atoms with Gasteiger partial charge in [0.2, 0.25) is 0 Å². The summed E-state index contributed by atoms with van der Waals surface area (Å²) in [5, 5.41) is 0.898. The minimum absolute atomic E-state index is 0.661. The van der Waals surface area contributed by atoms with Crippen LogP contribution in [0.2, 0.25) is 0 Å². The molecule has 0 saturated heterocycles. The fraction of sp³-hybridized carbons (Fsp3) is 0.600. The Kier molecular flexibility index (Phi) is 5.67. The smallest absolute Gasteiger partial charge is 0.115 e. The quantitative estimate of drug-likeness (QED) is 0.483. The van der Waals surface area contributed by atoms with E-state index in [9.17, 15) is 0 Å². The maximum absolute atomic E-state index is 5.55. The van der Waals surface area contributed by atoms with E-state index in [-0.39, 0.29) is 0 Å². The predicted octanol–water partition coefficient (Wildman–Crippen LogP) is 3.67. The summed E-state index contributed by atoms with van der Waals surface area (Å²) in [5.74, 6) is 0. The number of hydrogen-bond acceptors (Lipinski definition) is 1. The van der Waals surface area contributed by atoms with Crippen molar-refractivity contribution in [3.63, 3.8) is 0 Å². The molecule has 1 nitrogen and oxygen atoms in total. The third kappa shape index (κ3) is 5.02. The van der Waals surface area contributed by atoms with Crippen LogP contribution in [0.15, 0.2) is 11.6 Å². The highest BCUT2D eigenvalue weighted by Crippen LogP contribution is 2.54. The highest BCUT2D eigenvalue weighted by atomic mass is 35.9. The Hall–Kier alpha value is 0.550. The van der Waals surface area contributed by atoms with Gasteiger partial charge in [-0.05, 0) is 13.8 Å². The molecule has 0 aliphatic rings. The average Bonchev–Trinajstić information content (AvgIpc) is 1.82. The van der Waals surface area contributed by atoms with Crippen LogP contribution in [0.5, 0.6) is 0 Å². The van der Waals surface area contributed by atoms with Gasteiger partial charge in [-0.1, -0.05) is 22.5 Å². The van der Waals surface area contributed by atoms with E-state index >= 15 is 0 Å². The third-order valence-electron chi connectivity index (χ3n) is 0.687. The molecule has 0 amide bonds. The van der Waals surface area contributed by atoms with Crippen LogP contribution in [0.4, 0.5) is 0 Å². The van der Waals surface area contributed by atoms with Crippen LogP contribution >= 0.6 is 29.1 Å². The van der Waals surface area contributed by atoms with E-state index in [1.54, 1.807) is 6.26 Å². The lowest BCUT2D eigenvalue weighted by atomic mass is 10.7. The van der Waals surface area contributed by atoms with Crippen LogP contribution in [0.1, 0.15) is 13.8 Å². The normalized spacial score (nSPS) is 12.3. The molecular formula is C5H9Cl2OP. The van der Waals surface area contributed by atoms with Crippen molar-refractivity contribution in [3.8, 4) is 0 Å². The summed E-state index contributed by atoms with van der Waals surface area (Å²) in [5.41, 5.74) is 0. The van der Waals surface area contributed by atoms with E-state index in [0.717, 1.165) is 5.31 Å². The van der Waals surface area contributed by atoms with Gasteiger partial charge in [-0.25, -0.2) is 0 Å². The first-order valence-corrected chi connectivity index (χ1v) is 5.73. The van der Waals surface area contributed by atoms with E-state index in [0.29, 0.717) is 6.61 Å². The number of ether oxygens (including phenoxy) is 1. The molecule has 0 atom stereocenters. The monoisotopic (exact) mass is 186 g/mol. The number of allylic oxidation sites excluding steroid dienone is 1. The van der Waals surface area contributed by atoms with Gasteiger partial charge in [0.05, 0.1) is 12.9 Å². The van der Waals surface area contributed by atoms with Crippen molar-refractivity contribution < 1.29 is 4.74 Å². The lowest BCUT2D eigenvalue weighted by Gasteiger charge is -1.99. The molecule has 0 aromatic carbocycles. The van der Waals surface area contributed by atoms with Gasteiger partial charge in [-0.2, -0.15) is 0 Å². The molecule has 0 aromatic rings. The fourth-order valence-electron chi connectivity index (χ4n) is 0.244. The standard InChI is InChI=1S/C5H9Cl2OP/c1-3-8-4-5(2)9(6)7/h4H,3H2,1-2H3/b5-4+. The van der Waals surface area contributed by atoms with Gasteiger partial charge in [-0.3, -0.25) is 0 Å². The molecule has 0 heterocycles. The molecule has 0 aliphatic carbocycles. The van der Waals surface area contributed by atoms with E-state index in [4.69, 9.17) is 27.2 Å². The Morgan fingerprint density at radius 1 is 1.67 bits per heavy atom. The molecule has 4 heteroatoms. The fourth-order valence-corrected chi connectivity index (χ4v) is 0.637. The molecule has 9 heavy (non-hydrogen) atoms. The Balaban J connectivity index is 3.55. The summed E-state index contributed by atoms with van der Waals surface area (Å²) in [6, 6.07) is 0.